The van der Waals surface area contributed by atoms with Crippen molar-refractivity contribution in [1.82, 2.24) is 15.2 Å². The molecule has 2 N–H and O–H groups in total. The first kappa shape index (κ1) is 16.9. The van der Waals surface area contributed by atoms with Crippen LogP contribution in [0.4, 0.5) is 4.39 Å². The van der Waals surface area contributed by atoms with Crippen molar-refractivity contribution in [2.75, 3.05) is 26.2 Å². The van der Waals surface area contributed by atoms with Gasteiger partial charge in [0.05, 0.1) is 5.39 Å². The Morgan fingerprint density at radius 3 is 2.50 bits per heavy atom. The van der Waals surface area contributed by atoms with Gasteiger partial charge in [-0.3, -0.25) is 9.69 Å². The van der Waals surface area contributed by atoms with E-state index in [0.29, 0.717) is 5.39 Å². The van der Waals surface area contributed by atoms with Crippen LogP contribution in [0.1, 0.15) is 11.1 Å². The third-order valence-corrected chi connectivity index (χ3v) is 5.01. The van der Waals surface area contributed by atoms with Gasteiger partial charge < -0.3 is 10.3 Å². The van der Waals surface area contributed by atoms with Crippen LogP contribution in [-0.2, 0) is 6.54 Å². The molecule has 0 unspecified atom stereocenters. The molecule has 1 aliphatic rings. The summed E-state index contributed by atoms with van der Waals surface area (Å²) in [6.07, 6.45) is 0. The topological polar surface area (TPSA) is 48.1 Å². The van der Waals surface area contributed by atoms with Gasteiger partial charge in [-0.15, -0.1) is 0 Å². The molecule has 1 saturated heterocycles. The van der Waals surface area contributed by atoms with E-state index >= 15 is 0 Å². The highest BCUT2D eigenvalue weighted by atomic mass is 19.1. The van der Waals surface area contributed by atoms with Crippen LogP contribution in [0.15, 0.2) is 47.3 Å². The second kappa shape index (κ2) is 7.02. The van der Waals surface area contributed by atoms with E-state index in [9.17, 15) is 9.18 Å². The number of aryl methyl sites for hydroxylation is 1. The van der Waals surface area contributed by atoms with Gasteiger partial charge in [-0.2, -0.15) is 0 Å². The average Bonchev–Trinajstić information content (AvgIpc) is 2.64. The Bertz CT molecular complexity index is 989. The lowest BCUT2D eigenvalue weighted by Crippen LogP contribution is -2.42. The Morgan fingerprint density at radius 1 is 1.04 bits per heavy atom. The van der Waals surface area contributed by atoms with Gasteiger partial charge in [0.15, 0.2) is 0 Å². The molecule has 0 bridgehead atoms. The zero-order valence-corrected chi connectivity index (χ0v) is 14.8. The van der Waals surface area contributed by atoms with Gasteiger partial charge in [0, 0.05) is 38.4 Å². The van der Waals surface area contributed by atoms with E-state index in [2.05, 4.69) is 27.3 Å². The summed E-state index contributed by atoms with van der Waals surface area (Å²) in [6.45, 7) is 6.97. The van der Waals surface area contributed by atoms with Crippen LogP contribution >= 0.6 is 0 Å². The number of fused-ring (bicyclic) bond motifs is 1. The Hall–Kier alpha value is -2.50. The second-order valence-corrected chi connectivity index (χ2v) is 6.92. The molecule has 26 heavy (non-hydrogen) atoms. The minimum atomic E-state index is -0.384. The van der Waals surface area contributed by atoms with Crippen LogP contribution in [0.3, 0.4) is 0 Å². The Labute approximate surface area is 151 Å². The minimum absolute atomic E-state index is 0.259. The summed E-state index contributed by atoms with van der Waals surface area (Å²) >= 11 is 0. The van der Waals surface area contributed by atoms with Crippen LogP contribution in [-0.4, -0.2) is 36.1 Å². The molecule has 134 valence electrons. The maximum Gasteiger partial charge on any atom is 0.256 e. The predicted octanol–water partition coefficient (Wildman–Crippen LogP) is 3.05. The molecule has 4 rings (SSSR count). The fourth-order valence-electron chi connectivity index (χ4n) is 3.58. The van der Waals surface area contributed by atoms with Crippen LogP contribution in [0.25, 0.3) is 22.0 Å². The fraction of sp³-hybridized carbons (Fsp3) is 0.286. The minimum Gasteiger partial charge on any atom is -0.321 e. The second-order valence-electron chi connectivity index (χ2n) is 6.92. The number of benzene rings is 2. The van der Waals surface area contributed by atoms with Crippen LogP contribution < -0.4 is 10.9 Å². The number of aromatic amines is 1. The number of halogens is 1. The number of hydrogen-bond acceptors (Lipinski definition) is 3. The highest BCUT2D eigenvalue weighted by Gasteiger charge is 2.11. The van der Waals surface area contributed by atoms with E-state index < -0.39 is 0 Å². The molecule has 0 spiro atoms. The molecular weight excluding hydrogens is 329 g/mol. The van der Waals surface area contributed by atoms with E-state index in [1.54, 1.807) is 0 Å². The lowest BCUT2D eigenvalue weighted by Gasteiger charge is -2.27. The van der Waals surface area contributed by atoms with Crippen LogP contribution in [0.5, 0.6) is 0 Å². The van der Waals surface area contributed by atoms with Gasteiger partial charge in [-0.1, -0.05) is 24.3 Å². The number of nitrogens with zero attached hydrogens (tertiary/aromatic N) is 1. The number of aromatic nitrogens is 1. The van der Waals surface area contributed by atoms with Gasteiger partial charge in [0.2, 0.25) is 0 Å². The van der Waals surface area contributed by atoms with Crippen LogP contribution in [0.2, 0.25) is 0 Å². The third kappa shape index (κ3) is 3.41. The Balaban J connectivity index is 1.64. The summed E-state index contributed by atoms with van der Waals surface area (Å²) in [5.74, 6) is -0.384. The maximum atomic E-state index is 13.6. The van der Waals surface area contributed by atoms with Gasteiger partial charge in [-0.25, -0.2) is 4.39 Å². The van der Waals surface area contributed by atoms with Crippen molar-refractivity contribution >= 4 is 10.8 Å². The first-order chi connectivity index (χ1) is 12.6. The number of piperazine rings is 1. The number of rotatable bonds is 3. The van der Waals surface area contributed by atoms with Crippen molar-refractivity contribution in [3.8, 4) is 11.3 Å². The first-order valence-electron chi connectivity index (χ1n) is 8.96. The molecule has 2 heterocycles. The first-order valence-corrected chi connectivity index (χ1v) is 8.96. The van der Waals surface area contributed by atoms with Gasteiger partial charge in [0.25, 0.3) is 5.56 Å². The lowest BCUT2D eigenvalue weighted by molar-refractivity contribution is 0.233. The maximum absolute atomic E-state index is 13.6. The molecule has 0 amide bonds. The third-order valence-electron chi connectivity index (χ3n) is 5.01. The van der Waals surface area contributed by atoms with Gasteiger partial charge >= 0.3 is 0 Å². The molecule has 4 nitrogen and oxygen atoms in total. The molecule has 0 atom stereocenters. The Morgan fingerprint density at radius 2 is 1.77 bits per heavy atom. The van der Waals surface area contributed by atoms with E-state index in [1.807, 2.05) is 25.1 Å². The summed E-state index contributed by atoms with van der Waals surface area (Å²) in [5, 5.41) is 4.54. The molecule has 0 aliphatic carbocycles. The quantitative estimate of drug-likeness (QED) is 0.762. The standard InChI is InChI=1S/C21H22FN3O/c1-14-10-17(22)11-19-18(14)12-20(24-21(19)26)16-4-2-15(3-5-16)13-25-8-6-23-7-9-25/h2-5,10-12,23H,6-9,13H2,1H3,(H,24,26). The molecule has 0 radical (unpaired) electrons. The number of H-pyrrole nitrogens is 1. The molecular formula is C21H22FN3O. The van der Waals surface area contributed by atoms with E-state index in [-0.39, 0.29) is 11.4 Å². The molecule has 3 aromatic rings. The molecule has 1 fully saturated rings. The molecule has 1 aromatic heterocycles. The van der Waals surface area contributed by atoms with Crippen molar-refractivity contribution in [2.24, 2.45) is 0 Å². The largest absolute Gasteiger partial charge is 0.321 e. The van der Waals surface area contributed by atoms with Crippen molar-refractivity contribution in [2.45, 2.75) is 13.5 Å². The van der Waals surface area contributed by atoms with E-state index in [1.165, 1.54) is 17.7 Å². The highest BCUT2D eigenvalue weighted by molar-refractivity contribution is 5.87. The summed E-state index contributed by atoms with van der Waals surface area (Å²) in [7, 11) is 0. The van der Waals surface area contributed by atoms with E-state index in [0.717, 1.165) is 54.9 Å². The molecule has 0 saturated carbocycles. The number of pyridine rings is 1. The summed E-state index contributed by atoms with van der Waals surface area (Å²) < 4.78 is 13.6. The zero-order chi connectivity index (χ0) is 18.1. The molecule has 1 aliphatic heterocycles. The Kier molecular flexibility index (Phi) is 4.57. The number of nitrogens with one attached hydrogen (secondary N) is 2. The molecule has 2 aromatic carbocycles. The SMILES string of the molecule is Cc1cc(F)cc2c(=O)[nH]c(-c3ccc(CN4CCNCC4)cc3)cc12. The van der Waals surface area contributed by atoms with Gasteiger partial charge in [-0.05, 0) is 47.2 Å². The monoisotopic (exact) mass is 351 g/mol. The van der Waals surface area contributed by atoms with Crippen LogP contribution in [0, 0.1) is 12.7 Å². The van der Waals surface area contributed by atoms with Crippen molar-refractivity contribution in [3.05, 3.63) is 69.8 Å². The summed E-state index contributed by atoms with van der Waals surface area (Å²) in [4.78, 5) is 17.7. The zero-order valence-electron chi connectivity index (χ0n) is 14.8. The highest BCUT2D eigenvalue weighted by Crippen LogP contribution is 2.23. The fourth-order valence-corrected chi connectivity index (χ4v) is 3.58. The normalized spacial score (nSPS) is 15.5. The average molecular weight is 351 g/mol. The predicted molar refractivity (Wildman–Crippen MR) is 103 cm³/mol. The van der Waals surface area contributed by atoms with E-state index in [4.69, 9.17) is 0 Å². The van der Waals surface area contributed by atoms with Gasteiger partial charge in [0.1, 0.15) is 5.82 Å². The summed E-state index contributed by atoms with van der Waals surface area (Å²) in [6, 6.07) is 13.0. The summed E-state index contributed by atoms with van der Waals surface area (Å²) in [5.41, 5.74) is 3.48. The van der Waals surface area contributed by atoms with Crippen molar-refractivity contribution in [3.63, 3.8) is 0 Å². The molecule has 5 heteroatoms. The lowest BCUT2D eigenvalue weighted by atomic mass is 10.0. The van der Waals surface area contributed by atoms with Crippen molar-refractivity contribution < 1.29 is 4.39 Å². The number of hydrogen-bond donors (Lipinski definition) is 2. The smallest absolute Gasteiger partial charge is 0.256 e. The van der Waals surface area contributed by atoms with Crippen molar-refractivity contribution in [1.29, 1.82) is 0 Å².